The quantitative estimate of drug-likeness (QED) is 0.623. The smallest absolute Gasteiger partial charge is 0.152 e. The minimum atomic E-state index is 0.555. The SMILES string of the molecule is Cc1[nH]c(Cl)c(C)c1C=O. The van der Waals surface area contributed by atoms with Crippen LogP contribution in [0.4, 0.5) is 0 Å². The van der Waals surface area contributed by atoms with Gasteiger partial charge >= 0.3 is 0 Å². The van der Waals surface area contributed by atoms with Gasteiger partial charge in [0.1, 0.15) is 5.15 Å². The van der Waals surface area contributed by atoms with Gasteiger partial charge in [0, 0.05) is 11.3 Å². The second-order valence-corrected chi connectivity index (χ2v) is 2.60. The van der Waals surface area contributed by atoms with Gasteiger partial charge in [0.25, 0.3) is 0 Å². The van der Waals surface area contributed by atoms with Crippen molar-refractivity contribution >= 4 is 17.9 Å². The molecule has 0 saturated heterocycles. The van der Waals surface area contributed by atoms with Crippen molar-refractivity contribution in [2.45, 2.75) is 13.8 Å². The number of rotatable bonds is 1. The number of aromatic amines is 1. The van der Waals surface area contributed by atoms with E-state index in [9.17, 15) is 4.79 Å². The zero-order valence-corrected chi connectivity index (χ0v) is 6.62. The minimum absolute atomic E-state index is 0.555. The lowest BCUT2D eigenvalue weighted by molar-refractivity contribution is 0.112. The van der Waals surface area contributed by atoms with E-state index in [1.54, 1.807) is 0 Å². The molecule has 1 aromatic rings. The summed E-state index contributed by atoms with van der Waals surface area (Å²) in [6.45, 7) is 3.64. The van der Waals surface area contributed by atoms with Gasteiger partial charge in [-0.05, 0) is 19.4 Å². The van der Waals surface area contributed by atoms with E-state index in [4.69, 9.17) is 11.6 Å². The molecule has 0 amide bonds. The minimum Gasteiger partial charge on any atom is -0.349 e. The third-order valence-electron chi connectivity index (χ3n) is 1.55. The molecule has 0 aliphatic heterocycles. The first-order valence-electron chi connectivity index (χ1n) is 2.96. The van der Waals surface area contributed by atoms with Crippen LogP contribution < -0.4 is 0 Å². The van der Waals surface area contributed by atoms with Gasteiger partial charge in [-0.2, -0.15) is 0 Å². The maximum Gasteiger partial charge on any atom is 0.152 e. The van der Waals surface area contributed by atoms with Gasteiger partial charge in [-0.25, -0.2) is 0 Å². The highest BCUT2D eigenvalue weighted by molar-refractivity contribution is 6.30. The summed E-state index contributed by atoms with van der Waals surface area (Å²) in [5.41, 5.74) is 2.33. The number of nitrogens with one attached hydrogen (secondary N) is 1. The van der Waals surface area contributed by atoms with E-state index in [2.05, 4.69) is 4.98 Å². The van der Waals surface area contributed by atoms with E-state index in [0.29, 0.717) is 10.7 Å². The van der Waals surface area contributed by atoms with Crippen LogP contribution in [-0.2, 0) is 0 Å². The first kappa shape index (κ1) is 7.35. The van der Waals surface area contributed by atoms with Crippen molar-refractivity contribution in [3.05, 3.63) is 22.0 Å². The van der Waals surface area contributed by atoms with Gasteiger partial charge in [-0.3, -0.25) is 4.79 Å². The van der Waals surface area contributed by atoms with E-state index in [1.165, 1.54) is 0 Å². The Hall–Kier alpha value is -0.760. The fourth-order valence-corrected chi connectivity index (χ4v) is 1.15. The summed E-state index contributed by atoms with van der Waals surface area (Å²) in [6.07, 6.45) is 0.813. The van der Waals surface area contributed by atoms with Gasteiger partial charge in [0.2, 0.25) is 0 Å². The van der Waals surface area contributed by atoms with Crippen LogP contribution >= 0.6 is 11.6 Å². The number of aryl methyl sites for hydroxylation is 1. The Kier molecular flexibility index (Phi) is 1.81. The Morgan fingerprint density at radius 2 is 2.10 bits per heavy atom. The summed E-state index contributed by atoms with van der Waals surface area (Å²) in [5, 5.41) is 0.555. The number of carbonyl (C=O) groups excluding carboxylic acids is 1. The number of aldehydes is 1. The van der Waals surface area contributed by atoms with Gasteiger partial charge in [0.15, 0.2) is 6.29 Å². The molecule has 0 atom stereocenters. The topological polar surface area (TPSA) is 32.9 Å². The van der Waals surface area contributed by atoms with Crippen molar-refractivity contribution in [2.24, 2.45) is 0 Å². The van der Waals surface area contributed by atoms with Crippen LogP contribution in [0.5, 0.6) is 0 Å². The van der Waals surface area contributed by atoms with Crippen LogP contribution in [0, 0.1) is 13.8 Å². The summed E-state index contributed by atoms with van der Waals surface area (Å²) in [5.74, 6) is 0. The first-order valence-corrected chi connectivity index (χ1v) is 3.34. The van der Waals surface area contributed by atoms with E-state index < -0.39 is 0 Å². The van der Waals surface area contributed by atoms with E-state index in [-0.39, 0.29) is 0 Å². The lowest BCUT2D eigenvalue weighted by atomic mass is 10.2. The fraction of sp³-hybridized carbons (Fsp3) is 0.286. The molecule has 0 bridgehead atoms. The highest BCUT2D eigenvalue weighted by Gasteiger charge is 2.07. The highest BCUT2D eigenvalue weighted by Crippen LogP contribution is 2.19. The predicted molar refractivity (Wildman–Crippen MR) is 40.7 cm³/mol. The molecule has 1 N–H and O–H groups in total. The number of hydrogen-bond donors (Lipinski definition) is 1. The molecule has 3 heteroatoms. The molecule has 0 spiro atoms. The Balaban J connectivity index is 3.33. The number of H-pyrrole nitrogens is 1. The summed E-state index contributed by atoms with van der Waals surface area (Å²) >= 11 is 5.70. The molecule has 10 heavy (non-hydrogen) atoms. The van der Waals surface area contributed by atoms with Crippen LogP contribution in [0.15, 0.2) is 0 Å². The Bertz CT molecular complexity index is 265. The summed E-state index contributed by atoms with van der Waals surface area (Å²) in [6, 6.07) is 0. The average Bonchev–Trinajstić information content (AvgIpc) is 2.09. The van der Waals surface area contributed by atoms with Crippen molar-refractivity contribution in [1.29, 1.82) is 0 Å². The zero-order valence-electron chi connectivity index (χ0n) is 5.86. The van der Waals surface area contributed by atoms with E-state index >= 15 is 0 Å². The monoisotopic (exact) mass is 157 g/mol. The van der Waals surface area contributed by atoms with Crippen molar-refractivity contribution in [1.82, 2.24) is 4.98 Å². The Labute approximate surface area is 64.2 Å². The van der Waals surface area contributed by atoms with Crippen LogP contribution in [0.1, 0.15) is 21.6 Å². The molecule has 1 aromatic heterocycles. The average molecular weight is 158 g/mol. The van der Waals surface area contributed by atoms with Crippen LogP contribution in [0.3, 0.4) is 0 Å². The van der Waals surface area contributed by atoms with Crippen LogP contribution in [0.2, 0.25) is 5.15 Å². The summed E-state index contributed by atoms with van der Waals surface area (Å²) < 4.78 is 0. The van der Waals surface area contributed by atoms with E-state index in [1.807, 2.05) is 13.8 Å². The molecular weight excluding hydrogens is 150 g/mol. The Morgan fingerprint density at radius 3 is 2.30 bits per heavy atom. The highest BCUT2D eigenvalue weighted by atomic mass is 35.5. The molecule has 0 fully saturated rings. The molecule has 1 heterocycles. The normalized spacial score (nSPS) is 9.90. The summed E-state index contributed by atoms with van der Waals surface area (Å²) in [4.78, 5) is 13.2. The molecule has 0 aromatic carbocycles. The number of aromatic nitrogens is 1. The molecule has 0 aliphatic carbocycles. The molecular formula is C7H8ClNO. The van der Waals surface area contributed by atoms with Crippen molar-refractivity contribution < 1.29 is 4.79 Å². The first-order chi connectivity index (χ1) is 4.66. The largest absolute Gasteiger partial charge is 0.349 e. The molecule has 0 unspecified atom stereocenters. The molecule has 2 nitrogen and oxygen atoms in total. The second kappa shape index (κ2) is 2.46. The van der Waals surface area contributed by atoms with Gasteiger partial charge in [-0.15, -0.1) is 0 Å². The maximum absolute atomic E-state index is 10.4. The summed E-state index contributed by atoms with van der Waals surface area (Å²) in [7, 11) is 0. The third-order valence-corrected chi connectivity index (χ3v) is 1.93. The standard InChI is InChI=1S/C7H8ClNO/c1-4-6(3-10)5(2)9-7(4)8/h3,9H,1-2H3. The zero-order chi connectivity index (χ0) is 7.72. The number of halogens is 1. The molecule has 0 radical (unpaired) electrons. The van der Waals surface area contributed by atoms with Gasteiger partial charge < -0.3 is 4.98 Å². The van der Waals surface area contributed by atoms with Crippen molar-refractivity contribution in [3.8, 4) is 0 Å². The molecule has 0 saturated carbocycles. The van der Waals surface area contributed by atoms with Crippen LogP contribution in [0.25, 0.3) is 0 Å². The van der Waals surface area contributed by atoms with Gasteiger partial charge in [0.05, 0.1) is 0 Å². The maximum atomic E-state index is 10.4. The van der Waals surface area contributed by atoms with Crippen molar-refractivity contribution in [2.75, 3.05) is 0 Å². The van der Waals surface area contributed by atoms with Gasteiger partial charge in [-0.1, -0.05) is 11.6 Å². The Morgan fingerprint density at radius 1 is 1.50 bits per heavy atom. The number of hydrogen-bond acceptors (Lipinski definition) is 1. The second-order valence-electron chi connectivity index (χ2n) is 2.22. The lowest BCUT2D eigenvalue weighted by Gasteiger charge is -1.86. The lowest BCUT2D eigenvalue weighted by Crippen LogP contribution is -1.81. The molecule has 0 aliphatic rings. The third kappa shape index (κ3) is 0.948. The van der Waals surface area contributed by atoms with Crippen LogP contribution in [-0.4, -0.2) is 11.3 Å². The predicted octanol–water partition coefficient (Wildman–Crippen LogP) is 2.10. The van der Waals surface area contributed by atoms with Crippen molar-refractivity contribution in [3.63, 3.8) is 0 Å². The molecule has 1 rings (SSSR count). The van der Waals surface area contributed by atoms with E-state index in [0.717, 1.165) is 17.5 Å². The fourth-order valence-electron chi connectivity index (χ4n) is 0.902. The molecule has 54 valence electrons. The number of carbonyl (C=O) groups is 1.